The standard InChI is InChI=1S/C23H22F2N4O2/c1-31-21-5-3-2-4-17(21)19-8-9-22(28-27-19)29-12-10-15(11-13-29)23(30)26-20-14-16(24)6-7-18(20)25/h2-9,14-15H,10-13H2,1H3,(H,26,30). The monoisotopic (exact) mass is 424 g/mol. The van der Waals surface area contributed by atoms with Crippen molar-refractivity contribution in [2.75, 3.05) is 30.4 Å². The molecule has 160 valence electrons. The Morgan fingerprint density at radius 2 is 1.84 bits per heavy atom. The summed E-state index contributed by atoms with van der Waals surface area (Å²) in [5.41, 5.74) is 1.45. The van der Waals surface area contributed by atoms with Crippen molar-refractivity contribution in [3.8, 4) is 17.0 Å². The zero-order chi connectivity index (χ0) is 21.8. The fourth-order valence-electron chi connectivity index (χ4n) is 3.69. The molecule has 1 aliphatic heterocycles. The van der Waals surface area contributed by atoms with E-state index in [1.165, 1.54) is 0 Å². The van der Waals surface area contributed by atoms with Crippen molar-refractivity contribution in [2.45, 2.75) is 12.8 Å². The van der Waals surface area contributed by atoms with E-state index in [0.29, 0.717) is 31.6 Å². The average Bonchev–Trinajstić information content (AvgIpc) is 2.81. The van der Waals surface area contributed by atoms with Gasteiger partial charge in [0.2, 0.25) is 5.91 Å². The summed E-state index contributed by atoms with van der Waals surface area (Å²) in [4.78, 5) is 14.5. The lowest BCUT2D eigenvalue weighted by atomic mass is 9.95. The number of nitrogens with zero attached hydrogens (tertiary/aromatic N) is 3. The van der Waals surface area contributed by atoms with Crippen LogP contribution in [-0.2, 0) is 4.79 Å². The predicted octanol–water partition coefficient (Wildman–Crippen LogP) is 4.29. The van der Waals surface area contributed by atoms with Gasteiger partial charge in [-0.05, 0) is 49.2 Å². The average molecular weight is 424 g/mol. The number of carbonyl (C=O) groups excluding carboxylic acids is 1. The molecule has 0 bridgehead atoms. The number of piperidine rings is 1. The van der Waals surface area contributed by atoms with E-state index in [0.717, 1.165) is 35.3 Å². The topological polar surface area (TPSA) is 67.3 Å². The van der Waals surface area contributed by atoms with E-state index in [1.807, 2.05) is 36.4 Å². The number of aromatic nitrogens is 2. The van der Waals surface area contributed by atoms with E-state index in [2.05, 4.69) is 20.4 Å². The van der Waals surface area contributed by atoms with Crippen LogP contribution < -0.4 is 15.0 Å². The minimum atomic E-state index is -0.655. The second kappa shape index (κ2) is 9.07. The normalized spacial score (nSPS) is 14.4. The molecule has 1 N–H and O–H groups in total. The highest BCUT2D eigenvalue weighted by Crippen LogP contribution is 2.29. The van der Waals surface area contributed by atoms with Crippen LogP contribution in [0, 0.1) is 17.6 Å². The van der Waals surface area contributed by atoms with Gasteiger partial charge in [0.1, 0.15) is 17.4 Å². The number of para-hydroxylation sites is 1. The molecule has 2 heterocycles. The minimum Gasteiger partial charge on any atom is -0.496 e. The number of amides is 1. The van der Waals surface area contributed by atoms with Gasteiger partial charge in [0.25, 0.3) is 0 Å². The zero-order valence-electron chi connectivity index (χ0n) is 17.0. The van der Waals surface area contributed by atoms with Crippen molar-refractivity contribution in [2.24, 2.45) is 5.92 Å². The molecule has 1 amide bonds. The number of nitrogens with one attached hydrogen (secondary N) is 1. The van der Waals surface area contributed by atoms with Crippen molar-refractivity contribution >= 4 is 17.4 Å². The van der Waals surface area contributed by atoms with Gasteiger partial charge in [-0.25, -0.2) is 8.78 Å². The third kappa shape index (κ3) is 4.63. The Kier molecular flexibility index (Phi) is 6.06. The molecule has 1 aromatic heterocycles. The number of anilines is 2. The van der Waals surface area contributed by atoms with E-state index in [1.54, 1.807) is 7.11 Å². The number of halogens is 2. The maximum absolute atomic E-state index is 13.8. The van der Waals surface area contributed by atoms with Crippen LogP contribution in [0.3, 0.4) is 0 Å². The highest BCUT2D eigenvalue weighted by atomic mass is 19.1. The van der Waals surface area contributed by atoms with E-state index < -0.39 is 11.6 Å². The molecule has 0 aliphatic carbocycles. The quantitative estimate of drug-likeness (QED) is 0.662. The second-order valence-electron chi connectivity index (χ2n) is 7.35. The van der Waals surface area contributed by atoms with Crippen LogP contribution in [0.1, 0.15) is 12.8 Å². The van der Waals surface area contributed by atoms with Gasteiger partial charge in [-0.1, -0.05) is 12.1 Å². The number of benzene rings is 2. The fourth-order valence-corrected chi connectivity index (χ4v) is 3.69. The SMILES string of the molecule is COc1ccccc1-c1ccc(N2CCC(C(=O)Nc3cc(F)ccc3F)CC2)nn1. The molecule has 0 radical (unpaired) electrons. The van der Waals surface area contributed by atoms with E-state index >= 15 is 0 Å². The molecular weight excluding hydrogens is 402 g/mol. The van der Waals surface area contributed by atoms with Gasteiger partial charge in [-0.15, -0.1) is 10.2 Å². The minimum absolute atomic E-state index is 0.134. The summed E-state index contributed by atoms with van der Waals surface area (Å²) < 4.78 is 32.5. The molecular formula is C23H22F2N4O2. The molecule has 4 rings (SSSR count). The first-order valence-electron chi connectivity index (χ1n) is 10.0. The summed E-state index contributed by atoms with van der Waals surface area (Å²) in [6.45, 7) is 1.23. The molecule has 0 saturated carbocycles. The predicted molar refractivity (Wildman–Crippen MR) is 114 cm³/mol. The van der Waals surface area contributed by atoms with Gasteiger partial charge in [0.05, 0.1) is 18.5 Å². The van der Waals surface area contributed by atoms with Gasteiger partial charge in [0.15, 0.2) is 5.82 Å². The third-order valence-corrected chi connectivity index (χ3v) is 5.41. The largest absolute Gasteiger partial charge is 0.496 e. The summed E-state index contributed by atoms with van der Waals surface area (Å²) in [5.74, 6) is -0.375. The Morgan fingerprint density at radius 1 is 1.06 bits per heavy atom. The first-order valence-corrected chi connectivity index (χ1v) is 10.0. The first-order chi connectivity index (χ1) is 15.0. The lowest BCUT2D eigenvalue weighted by Crippen LogP contribution is -2.38. The summed E-state index contributed by atoms with van der Waals surface area (Å²) in [5, 5.41) is 11.2. The lowest BCUT2D eigenvalue weighted by Gasteiger charge is -2.31. The second-order valence-corrected chi connectivity index (χ2v) is 7.35. The Morgan fingerprint density at radius 3 is 2.55 bits per heavy atom. The Labute approximate surface area is 178 Å². The van der Waals surface area contributed by atoms with Gasteiger partial charge >= 0.3 is 0 Å². The van der Waals surface area contributed by atoms with E-state index in [4.69, 9.17) is 4.74 Å². The van der Waals surface area contributed by atoms with Crippen LogP contribution in [0.4, 0.5) is 20.3 Å². The molecule has 1 saturated heterocycles. The number of hydrogen-bond acceptors (Lipinski definition) is 5. The summed E-state index contributed by atoms with van der Waals surface area (Å²) in [7, 11) is 1.61. The lowest BCUT2D eigenvalue weighted by molar-refractivity contribution is -0.120. The Bertz CT molecular complexity index is 1070. The van der Waals surface area contributed by atoms with Crippen molar-refractivity contribution in [1.82, 2.24) is 10.2 Å². The summed E-state index contributed by atoms with van der Waals surface area (Å²) in [6, 6.07) is 14.4. The molecule has 3 aromatic rings. The molecule has 0 spiro atoms. The number of carbonyl (C=O) groups is 1. The smallest absolute Gasteiger partial charge is 0.227 e. The maximum atomic E-state index is 13.8. The van der Waals surface area contributed by atoms with Crippen molar-refractivity contribution in [3.05, 3.63) is 66.2 Å². The Balaban J connectivity index is 1.37. The van der Waals surface area contributed by atoms with Crippen LogP contribution in [0.2, 0.25) is 0 Å². The molecule has 6 nitrogen and oxygen atoms in total. The number of methoxy groups -OCH3 is 1. The third-order valence-electron chi connectivity index (χ3n) is 5.41. The van der Waals surface area contributed by atoms with Crippen LogP contribution in [0.5, 0.6) is 5.75 Å². The van der Waals surface area contributed by atoms with Crippen molar-refractivity contribution in [1.29, 1.82) is 0 Å². The van der Waals surface area contributed by atoms with Gasteiger partial charge in [0, 0.05) is 30.6 Å². The van der Waals surface area contributed by atoms with Crippen molar-refractivity contribution in [3.63, 3.8) is 0 Å². The molecule has 1 aliphatic rings. The van der Waals surface area contributed by atoms with Gasteiger partial charge in [-0.2, -0.15) is 0 Å². The molecule has 0 atom stereocenters. The number of hydrogen-bond donors (Lipinski definition) is 1. The molecule has 31 heavy (non-hydrogen) atoms. The van der Waals surface area contributed by atoms with Crippen LogP contribution in [0.15, 0.2) is 54.6 Å². The Hall–Kier alpha value is -3.55. The molecule has 2 aromatic carbocycles. The van der Waals surface area contributed by atoms with E-state index in [-0.39, 0.29) is 17.5 Å². The van der Waals surface area contributed by atoms with Gasteiger partial charge in [-0.3, -0.25) is 4.79 Å². The highest BCUT2D eigenvalue weighted by molar-refractivity contribution is 5.92. The van der Waals surface area contributed by atoms with Crippen molar-refractivity contribution < 1.29 is 18.3 Å². The van der Waals surface area contributed by atoms with Gasteiger partial charge < -0.3 is 15.0 Å². The molecule has 8 heteroatoms. The molecule has 0 unspecified atom stereocenters. The van der Waals surface area contributed by atoms with Crippen LogP contribution in [-0.4, -0.2) is 36.3 Å². The summed E-state index contributed by atoms with van der Waals surface area (Å²) >= 11 is 0. The van der Waals surface area contributed by atoms with E-state index in [9.17, 15) is 13.6 Å². The van der Waals surface area contributed by atoms with Crippen LogP contribution >= 0.6 is 0 Å². The zero-order valence-corrected chi connectivity index (χ0v) is 17.0. The molecule has 1 fully saturated rings. The fraction of sp³-hybridized carbons (Fsp3) is 0.261. The highest BCUT2D eigenvalue weighted by Gasteiger charge is 2.26. The first kappa shape index (κ1) is 20.7. The summed E-state index contributed by atoms with van der Waals surface area (Å²) in [6.07, 6.45) is 1.16. The van der Waals surface area contributed by atoms with Crippen LogP contribution in [0.25, 0.3) is 11.3 Å². The number of ether oxygens (including phenoxy) is 1. The number of rotatable bonds is 5. The maximum Gasteiger partial charge on any atom is 0.227 e.